The molecule has 0 fully saturated rings. The van der Waals surface area contributed by atoms with Crippen LogP contribution in [0, 0.1) is 0 Å². The van der Waals surface area contributed by atoms with Gasteiger partial charge in [0.1, 0.15) is 11.4 Å². The molecule has 2 heterocycles. The molecule has 0 aliphatic carbocycles. The highest BCUT2D eigenvalue weighted by Crippen LogP contribution is 2.31. The molecule has 16 heavy (non-hydrogen) atoms. The van der Waals surface area contributed by atoms with Crippen LogP contribution in [0.15, 0.2) is 30.6 Å². The Bertz CT molecular complexity index is 507. The van der Waals surface area contributed by atoms with Crippen LogP contribution in [0.4, 0.5) is 13.2 Å². The van der Waals surface area contributed by atoms with E-state index in [4.69, 9.17) is 11.6 Å². The zero-order valence-corrected chi connectivity index (χ0v) is 8.50. The van der Waals surface area contributed by atoms with Crippen molar-refractivity contribution in [2.45, 2.75) is 6.18 Å². The summed E-state index contributed by atoms with van der Waals surface area (Å²) in [5.41, 5.74) is -0.788. The minimum absolute atomic E-state index is 0.0308. The molecule has 84 valence electrons. The van der Waals surface area contributed by atoms with Crippen LogP contribution in [0.5, 0.6) is 0 Å². The molecule has 7 heteroatoms. The third kappa shape index (κ3) is 1.88. The van der Waals surface area contributed by atoms with Crippen molar-refractivity contribution in [2.24, 2.45) is 0 Å². The van der Waals surface area contributed by atoms with Gasteiger partial charge in [0.15, 0.2) is 5.15 Å². The van der Waals surface area contributed by atoms with E-state index in [-0.39, 0.29) is 10.8 Å². The molecule has 0 saturated carbocycles. The molecule has 0 amide bonds. The van der Waals surface area contributed by atoms with Crippen molar-refractivity contribution in [1.29, 1.82) is 0 Å². The lowest BCUT2D eigenvalue weighted by atomic mass is 10.3. The fraction of sp³-hybridized carbons (Fsp3) is 0.111. The molecule has 2 aromatic rings. The maximum absolute atomic E-state index is 12.6. The van der Waals surface area contributed by atoms with E-state index >= 15 is 0 Å². The Morgan fingerprint density at radius 1 is 1.19 bits per heavy atom. The van der Waals surface area contributed by atoms with Gasteiger partial charge in [0.25, 0.3) is 0 Å². The standard InChI is InChI=1S/C9H5ClF3N3/c10-8-6(2-1-4-14-8)16-7(3-5-15-16)9(11,12)13/h1-5H. The summed E-state index contributed by atoms with van der Waals surface area (Å²) in [5, 5.41) is 3.56. The van der Waals surface area contributed by atoms with Crippen LogP contribution in [0.1, 0.15) is 5.69 Å². The second-order valence-electron chi connectivity index (χ2n) is 2.94. The number of halogens is 4. The molecule has 0 unspecified atom stereocenters. The quantitative estimate of drug-likeness (QED) is 0.726. The third-order valence-electron chi connectivity index (χ3n) is 1.90. The monoisotopic (exact) mass is 247 g/mol. The van der Waals surface area contributed by atoms with Gasteiger partial charge in [-0.25, -0.2) is 9.67 Å². The van der Waals surface area contributed by atoms with E-state index in [1.807, 2.05) is 0 Å². The highest BCUT2D eigenvalue weighted by Gasteiger charge is 2.35. The van der Waals surface area contributed by atoms with Gasteiger partial charge in [0.05, 0.1) is 6.20 Å². The normalized spacial score (nSPS) is 11.8. The zero-order chi connectivity index (χ0) is 11.8. The second-order valence-corrected chi connectivity index (χ2v) is 3.30. The van der Waals surface area contributed by atoms with Gasteiger partial charge in [0, 0.05) is 6.20 Å². The highest BCUT2D eigenvalue weighted by atomic mass is 35.5. The summed E-state index contributed by atoms with van der Waals surface area (Å²) >= 11 is 5.70. The van der Waals surface area contributed by atoms with Crippen LogP contribution in [0.25, 0.3) is 5.69 Å². The van der Waals surface area contributed by atoms with Crippen LogP contribution in [0.2, 0.25) is 5.15 Å². The molecule has 0 aliphatic heterocycles. The topological polar surface area (TPSA) is 30.7 Å². The Kier molecular flexibility index (Phi) is 2.59. The van der Waals surface area contributed by atoms with E-state index in [1.165, 1.54) is 18.3 Å². The molecule has 0 aromatic carbocycles. The van der Waals surface area contributed by atoms with Crippen molar-refractivity contribution in [1.82, 2.24) is 14.8 Å². The van der Waals surface area contributed by atoms with Gasteiger partial charge in [0.2, 0.25) is 0 Å². The Morgan fingerprint density at radius 2 is 1.94 bits per heavy atom. The van der Waals surface area contributed by atoms with E-state index in [0.29, 0.717) is 0 Å². The summed E-state index contributed by atoms with van der Waals surface area (Å²) < 4.78 is 38.4. The van der Waals surface area contributed by atoms with Crippen LogP contribution in [-0.4, -0.2) is 14.8 Å². The lowest BCUT2D eigenvalue weighted by Gasteiger charge is -2.10. The summed E-state index contributed by atoms with van der Waals surface area (Å²) in [6, 6.07) is 3.78. The van der Waals surface area contributed by atoms with Gasteiger partial charge in [-0.1, -0.05) is 11.6 Å². The number of pyridine rings is 1. The first-order valence-corrected chi connectivity index (χ1v) is 4.60. The summed E-state index contributed by atoms with van der Waals surface area (Å²) in [5.74, 6) is 0. The van der Waals surface area contributed by atoms with Gasteiger partial charge in [-0.3, -0.25) is 0 Å². The molecule has 0 spiro atoms. The number of aromatic nitrogens is 3. The van der Waals surface area contributed by atoms with Crippen LogP contribution in [0.3, 0.4) is 0 Å². The van der Waals surface area contributed by atoms with Crippen molar-refractivity contribution < 1.29 is 13.2 Å². The first kappa shape index (κ1) is 10.9. The van der Waals surface area contributed by atoms with Crippen LogP contribution in [-0.2, 0) is 6.18 Å². The number of rotatable bonds is 1. The van der Waals surface area contributed by atoms with E-state index in [1.54, 1.807) is 0 Å². The smallest absolute Gasteiger partial charge is 0.242 e. The van der Waals surface area contributed by atoms with E-state index in [0.717, 1.165) is 16.9 Å². The SMILES string of the molecule is FC(F)(F)c1ccnn1-c1cccnc1Cl. The van der Waals surface area contributed by atoms with Crippen molar-refractivity contribution >= 4 is 11.6 Å². The molecular formula is C9H5ClF3N3. The lowest BCUT2D eigenvalue weighted by molar-refractivity contribution is -0.142. The van der Waals surface area contributed by atoms with Crippen molar-refractivity contribution in [3.8, 4) is 5.69 Å². The summed E-state index contributed by atoms with van der Waals surface area (Å²) in [7, 11) is 0. The number of nitrogens with zero attached hydrogens (tertiary/aromatic N) is 3. The molecule has 0 atom stereocenters. The Balaban J connectivity index is 2.58. The molecule has 2 rings (SSSR count). The van der Waals surface area contributed by atoms with Crippen LogP contribution >= 0.6 is 11.6 Å². The molecule has 2 aromatic heterocycles. The molecular weight excluding hydrogens is 243 g/mol. The van der Waals surface area contributed by atoms with Gasteiger partial charge in [-0.2, -0.15) is 18.3 Å². The van der Waals surface area contributed by atoms with Crippen molar-refractivity contribution in [3.63, 3.8) is 0 Å². The summed E-state index contributed by atoms with van der Waals surface area (Å²) in [4.78, 5) is 3.70. The molecule has 0 saturated heterocycles. The average molecular weight is 248 g/mol. The number of hydrogen-bond acceptors (Lipinski definition) is 2. The van der Waals surface area contributed by atoms with Crippen molar-refractivity contribution in [2.75, 3.05) is 0 Å². The van der Waals surface area contributed by atoms with E-state index in [9.17, 15) is 13.2 Å². The van der Waals surface area contributed by atoms with Gasteiger partial charge >= 0.3 is 6.18 Å². The van der Waals surface area contributed by atoms with Gasteiger partial charge in [-0.15, -0.1) is 0 Å². The first-order valence-electron chi connectivity index (χ1n) is 4.22. The summed E-state index contributed by atoms with van der Waals surface area (Å²) in [6.07, 6.45) is -2.02. The molecule has 3 nitrogen and oxygen atoms in total. The maximum Gasteiger partial charge on any atom is 0.433 e. The number of hydrogen-bond donors (Lipinski definition) is 0. The predicted octanol–water partition coefficient (Wildman–Crippen LogP) is 2.94. The summed E-state index contributed by atoms with van der Waals surface area (Å²) in [6.45, 7) is 0. The van der Waals surface area contributed by atoms with Gasteiger partial charge < -0.3 is 0 Å². The zero-order valence-electron chi connectivity index (χ0n) is 7.74. The molecule has 0 bridgehead atoms. The lowest BCUT2D eigenvalue weighted by Crippen LogP contribution is -2.13. The highest BCUT2D eigenvalue weighted by molar-refractivity contribution is 6.31. The average Bonchev–Trinajstić information content (AvgIpc) is 2.66. The van der Waals surface area contributed by atoms with E-state index in [2.05, 4.69) is 10.1 Å². The maximum atomic E-state index is 12.6. The fourth-order valence-electron chi connectivity index (χ4n) is 1.25. The minimum atomic E-state index is -4.48. The first-order chi connectivity index (χ1) is 7.50. The fourth-order valence-corrected chi connectivity index (χ4v) is 1.44. The van der Waals surface area contributed by atoms with Crippen LogP contribution < -0.4 is 0 Å². The predicted molar refractivity (Wildman–Crippen MR) is 51.4 cm³/mol. The minimum Gasteiger partial charge on any atom is -0.242 e. The largest absolute Gasteiger partial charge is 0.433 e. The number of alkyl halides is 3. The van der Waals surface area contributed by atoms with Gasteiger partial charge in [-0.05, 0) is 18.2 Å². The Morgan fingerprint density at radius 3 is 2.56 bits per heavy atom. The Hall–Kier alpha value is -1.56. The molecule has 0 aliphatic rings. The second kappa shape index (κ2) is 3.79. The van der Waals surface area contributed by atoms with Crippen molar-refractivity contribution in [3.05, 3.63) is 41.4 Å². The van der Waals surface area contributed by atoms with E-state index < -0.39 is 11.9 Å². The Labute approximate surface area is 93.5 Å². The third-order valence-corrected chi connectivity index (χ3v) is 2.19. The molecule has 0 N–H and O–H groups in total. The molecule has 0 radical (unpaired) electrons.